The van der Waals surface area contributed by atoms with Gasteiger partial charge in [-0.1, -0.05) is 13.8 Å². The molecule has 1 fully saturated rings. The van der Waals surface area contributed by atoms with E-state index in [2.05, 4.69) is 24.3 Å². The molecule has 0 unspecified atom stereocenters. The second-order valence-electron chi connectivity index (χ2n) is 6.63. The average Bonchev–Trinajstić information content (AvgIpc) is 3.07. The summed E-state index contributed by atoms with van der Waals surface area (Å²) < 4.78 is 7.28. The van der Waals surface area contributed by atoms with Crippen molar-refractivity contribution in [3.63, 3.8) is 0 Å². The van der Waals surface area contributed by atoms with Crippen LogP contribution in [0.4, 0.5) is 0 Å². The zero-order valence-corrected chi connectivity index (χ0v) is 14.1. The molecule has 1 aromatic heterocycles. The van der Waals surface area contributed by atoms with Crippen LogP contribution in [0.2, 0.25) is 0 Å². The summed E-state index contributed by atoms with van der Waals surface area (Å²) in [6.45, 7) is 5.95. The second-order valence-corrected chi connectivity index (χ2v) is 6.63. The molecule has 1 atom stereocenters. The zero-order chi connectivity index (χ0) is 15.9. The van der Waals surface area contributed by atoms with Gasteiger partial charge in [0.05, 0.1) is 11.8 Å². The molecule has 0 bridgehead atoms. The molecular formula is C17H29N3O2. The first-order valence-corrected chi connectivity index (χ1v) is 8.49. The van der Waals surface area contributed by atoms with Crippen LogP contribution in [0.5, 0.6) is 0 Å². The maximum absolute atomic E-state index is 12.2. The second kappa shape index (κ2) is 8.32. The van der Waals surface area contributed by atoms with Crippen LogP contribution in [0, 0.1) is 5.92 Å². The molecular weight excluding hydrogens is 278 g/mol. The quantitative estimate of drug-likeness (QED) is 0.751. The van der Waals surface area contributed by atoms with Crippen molar-refractivity contribution in [2.24, 2.45) is 13.0 Å². The van der Waals surface area contributed by atoms with Gasteiger partial charge < -0.3 is 10.1 Å². The Morgan fingerprint density at radius 1 is 1.50 bits per heavy atom. The molecule has 0 radical (unpaired) electrons. The number of carbonyl (C=O) groups is 1. The maximum Gasteiger partial charge on any atom is 0.269 e. The highest BCUT2D eigenvalue weighted by Gasteiger charge is 2.15. The van der Waals surface area contributed by atoms with E-state index in [4.69, 9.17) is 4.74 Å². The molecule has 124 valence electrons. The number of hydrogen-bond acceptors (Lipinski definition) is 3. The third kappa shape index (κ3) is 5.13. The summed E-state index contributed by atoms with van der Waals surface area (Å²) >= 11 is 0. The lowest BCUT2D eigenvalue weighted by molar-refractivity contribution is 0.0938. The molecule has 0 saturated carbocycles. The Labute approximate surface area is 133 Å². The molecule has 5 heteroatoms. The fraction of sp³-hybridized carbons (Fsp3) is 0.765. The Hall–Kier alpha value is -1.36. The van der Waals surface area contributed by atoms with Gasteiger partial charge in [0.1, 0.15) is 5.69 Å². The van der Waals surface area contributed by atoms with Crippen LogP contribution in [-0.4, -0.2) is 34.9 Å². The van der Waals surface area contributed by atoms with Crippen molar-refractivity contribution in [2.45, 2.75) is 58.5 Å². The van der Waals surface area contributed by atoms with Crippen LogP contribution in [0.15, 0.2) is 6.07 Å². The van der Waals surface area contributed by atoms with Gasteiger partial charge >= 0.3 is 0 Å². The molecule has 0 spiro atoms. The van der Waals surface area contributed by atoms with Crippen molar-refractivity contribution in [1.29, 1.82) is 0 Å². The van der Waals surface area contributed by atoms with Crippen LogP contribution in [-0.2, 0) is 18.2 Å². The highest BCUT2D eigenvalue weighted by molar-refractivity contribution is 5.92. The van der Waals surface area contributed by atoms with Gasteiger partial charge in [0.2, 0.25) is 0 Å². The summed E-state index contributed by atoms with van der Waals surface area (Å²) in [5.41, 5.74) is 1.64. The highest BCUT2D eigenvalue weighted by Crippen LogP contribution is 2.17. The number of unbranched alkanes of at least 4 members (excludes halogenated alkanes) is 1. The summed E-state index contributed by atoms with van der Waals surface area (Å²) in [5, 5.41) is 7.40. The maximum atomic E-state index is 12.2. The van der Waals surface area contributed by atoms with E-state index in [1.165, 1.54) is 12.8 Å². The summed E-state index contributed by atoms with van der Waals surface area (Å²) in [7, 11) is 1.83. The van der Waals surface area contributed by atoms with Gasteiger partial charge in [0.15, 0.2) is 0 Å². The number of amides is 1. The lowest BCUT2D eigenvalue weighted by Gasteiger charge is -2.09. The molecule has 22 heavy (non-hydrogen) atoms. The molecule has 2 rings (SSSR count). The first-order valence-electron chi connectivity index (χ1n) is 8.49. The van der Waals surface area contributed by atoms with Crippen LogP contribution in [0.3, 0.4) is 0 Å². The fourth-order valence-electron chi connectivity index (χ4n) is 2.92. The van der Waals surface area contributed by atoms with Crippen molar-refractivity contribution in [3.05, 3.63) is 17.5 Å². The molecule has 1 amide bonds. The molecule has 5 nitrogen and oxygen atoms in total. The zero-order valence-electron chi connectivity index (χ0n) is 14.1. The molecule has 1 aromatic rings. The molecule has 2 heterocycles. The third-order valence-corrected chi connectivity index (χ3v) is 4.04. The van der Waals surface area contributed by atoms with Gasteiger partial charge in [-0.15, -0.1) is 0 Å². The van der Waals surface area contributed by atoms with Crippen molar-refractivity contribution in [1.82, 2.24) is 15.1 Å². The van der Waals surface area contributed by atoms with Crippen molar-refractivity contribution < 1.29 is 9.53 Å². The number of hydrogen-bond donors (Lipinski definition) is 1. The van der Waals surface area contributed by atoms with Crippen LogP contribution in [0.25, 0.3) is 0 Å². The van der Waals surface area contributed by atoms with E-state index >= 15 is 0 Å². The third-order valence-electron chi connectivity index (χ3n) is 4.04. The standard InChI is InChI=1S/C17H29N3O2/c1-13(2)11-14-12-16(20(3)19-14)17(21)18-9-5-4-7-15-8-6-10-22-15/h12-13,15H,4-11H2,1-3H3,(H,18,21)/t15-/m1/s1. The number of nitrogens with one attached hydrogen (secondary N) is 1. The van der Waals surface area contributed by atoms with Gasteiger partial charge in [0.25, 0.3) is 5.91 Å². The average molecular weight is 307 g/mol. The Balaban J connectivity index is 1.69. The Morgan fingerprint density at radius 2 is 2.32 bits per heavy atom. The largest absolute Gasteiger partial charge is 0.378 e. The highest BCUT2D eigenvalue weighted by atomic mass is 16.5. The minimum absolute atomic E-state index is 0.0258. The number of aromatic nitrogens is 2. The smallest absolute Gasteiger partial charge is 0.269 e. The summed E-state index contributed by atoms with van der Waals surface area (Å²) in [4.78, 5) is 12.2. The topological polar surface area (TPSA) is 56.1 Å². The van der Waals surface area contributed by atoms with Crippen molar-refractivity contribution in [2.75, 3.05) is 13.2 Å². The minimum Gasteiger partial charge on any atom is -0.378 e. The minimum atomic E-state index is -0.0258. The predicted molar refractivity (Wildman–Crippen MR) is 86.9 cm³/mol. The monoisotopic (exact) mass is 307 g/mol. The summed E-state index contributed by atoms with van der Waals surface area (Å²) in [5.74, 6) is 0.519. The number of aryl methyl sites for hydroxylation is 1. The van der Waals surface area contributed by atoms with Crippen LogP contribution < -0.4 is 5.32 Å². The van der Waals surface area contributed by atoms with E-state index in [0.717, 1.165) is 44.5 Å². The molecule has 1 N–H and O–H groups in total. The van der Waals surface area contributed by atoms with Gasteiger partial charge in [-0.2, -0.15) is 5.10 Å². The van der Waals surface area contributed by atoms with E-state index in [-0.39, 0.29) is 5.91 Å². The van der Waals surface area contributed by atoms with E-state index in [0.29, 0.717) is 17.7 Å². The van der Waals surface area contributed by atoms with Crippen LogP contribution >= 0.6 is 0 Å². The van der Waals surface area contributed by atoms with Crippen molar-refractivity contribution in [3.8, 4) is 0 Å². The van der Waals surface area contributed by atoms with Gasteiger partial charge in [0, 0.05) is 20.2 Å². The molecule has 0 aromatic carbocycles. The molecule has 1 aliphatic heterocycles. The lowest BCUT2D eigenvalue weighted by atomic mass is 10.1. The fourth-order valence-corrected chi connectivity index (χ4v) is 2.92. The van der Waals surface area contributed by atoms with E-state index in [9.17, 15) is 4.79 Å². The number of ether oxygens (including phenoxy) is 1. The van der Waals surface area contributed by atoms with E-state index < -0.39 is 0 Å². The first-order chi connectivity index (χ1) is 10.6. The molecule has 0 aliphatic carbocycles. The van der Waals surface area contributed by atoms with Gasteiger partial charge in [-0.3, -0.25) is 9.48 Å². The van der Waals surface area contributed by atoms with Gasteiger partial charge in [-0.05, 0) is 50.5 Å². The summed E-state index contributed by atoms with van der Waals surface area (Å²) in [6, 6.07) is 1.90. The number of carbonyl (C=O) groups excluding carboxylic acids is 1. The molecule has 1 aliphatic rings. The SMILES string of the molecule is CC(C)Cc1cc(C(=O)NCCCC[C@@H]2CCCO2)n(C)n1. The number of rotatable bonds is 8. The number of nitrogens with zero attached hydrogens (tertiary/aromatic N) is 2. The lowest BCUT2D eigenvalue weighted by Crippen LogP contribution is -2.26. The van der Waals surface area contributed by atoms with Crippen LogP contribution in [0.1, 0.15) is 62.1 Å². The predicted octanol–water partition coefficient (Wildman–Crippen LogP) is 2.70. The Bertz CT molecular complexity index is 476. The van der Waals surface area contributed by atoms with Gasteiger partial charge in [-0.25, -0.2) is 0 Å². The van der Waals surface area contributed by atoms with Crippen molar-refractivity contribution >= 4 is 5.91 Å². The normalized spacial score (nSPS) is 18.1. The Morgan fingerprint density at radius 3 is 3.00 bits per heavy atom. The molecule has 1 saturated heterocycles. The Kier molecular flexibility index (Phi) is 6.43. The summed E-state index contributed by atoms with van der Waals surface area (Å²) in [6.07, 6.45) is 6.96. The van der Waals surface area contributed by atoms with E-state index in [1.54, 1.807) is 4.68 Å². The first kappa shape index (κ1) is 17.0. The van der Waals surface area contributed by atoms with E-state index in [1.807, 2.05) is 13.1 Å².